The van der Waals surface area contributed by atoms with Gasteiger partial charge in [-0.2, -0.15) is 0 Å². The van der Waals surface area contributed by atoms with E-state index >= 15 is 0 Å². The van der Waals surface area contributed by atoms with Gasteiger partial charge in [0, 0.05) is 37.4 Å². The molecule has 25 heavy (non-hydrogen) atoms. The van der Waals surface area contributed by atoms with Gasteiger partial charge in [0.25, 0.3) is 0 Å². The molecule has 0 aromatic carbocycles. The Kier molecular flexibility index (Phi) is 4.88. The second-order valence-corrected chi connectivity index (χ2v) is 7.89. The average molecular weight is 343 g/mol. The van der Waals surface area contributed by atoms with Gasteiger partial charge in [0.15, 0.2) is 0 Å². The van der Waals surface area contributed by atoms with Crippen molar-refractivity contribution >= 4 is 11.9 Å². The number of nitrogens with zero attached hydrogens (tertiary/aromatic N) is 4. The smallest absolute Gasteiger partial charge is 0.225 e. The summed E-state index contributed by atoms with van der Waals surface area (Å²) in [6.07, 6.45) is 10.8. The normalized spacial score (nSPS) is 25.3. The summed E-state index contributed by atoms with van der Waals surface area (Å²) in [5, 5.41) is 3.21. The number of nitrogens with one attached hydrogen (secondary N) is 1. The zero-order valence-electron chi connectivity index (χ0n) is 15.0. The van der Waals surface area contributed by atoms with Gasteiger partial charge in [0.1, 0.15) is 0 Å². The van der Waals surface area contributed by atoms with Gasteiger partial charge >= 0.3 is 0 Å². The summed E-state index contributed by atoms with van der Waals surface area (Å²) in [4.78, 5) is 26.3. The van der Waals surface area contributed by atoms with E-state index in [1.807, 2.05) is 6.07 Å². The van der Waals surface area contributed by atoms with E-state index in [2.05, 4.69) is 25.1 Å². The van der Waals surface area contributed by atoms with Crippen LogP contribution in [-0.4, -0.2) is 60.0 Å². The summed E-state index contributed by atoms with van der Waals surface area (Å²) in [5.41, 5.74) is 0.151. The van der Waals surface area contributed by atoms with Crippen molar-refractivity contribution in [2.24, 2.45) is 11.3 Å². The van der Waals surface area contributed by atoms with Crippen molar-refractivity contribution in [1.82, 2.24) is 20.2 Å². The van der Waals surface area contributed by atoms with Gasteiger partial charge in [-0.15, -0.1) is 0 Å². The minimum absolute atomic E-state index is 0.0804. The third-order valence-electron chi connectivity index (χ3n) is 6.30. The molecule has 2 aliphatic heterocycles. The van der Waals surface area contributed by atoms with Crippen LogP contribution in [0.3, 0.4) is 0 Å². The molecule has 1 unspecified atom stereocenters. The van der Waals surface area contributed by atoms with Crippen molar-refractivity contribution in [3.8, 4) is 0 Å². The van der Waals surface area contributed by atoms with Crippen molar-refractivity contribution in [2.75, 3.05) is 44.2 Å². The second-order valence-electron chi connectivity index (χ2n) is 7.89. The summed E-state index contributed by atoms with van der Waals surface area (Å²) in [6, 6.07) is 1.84. The number of hydrogen-bond acceptors (Lipinski definition) is 5. The lowest BCUT2D eigenvalue weighted by atomic mass is 9.62. The zero-order valence-corrected chi connectivity index (χ0v) is 15.0. The maximum Gasteiger partial charge on any atom is 0.225 e. The first-order valence-electron chi connectivity index (χ1n) is 9.79. The SMILES string of the molecule is O=C(NCCCN1CCCC1)C1CN(c2ncccn2)CC12CCC2. The first kappa shape index (κ1) is 16.8. The molecular formula is C19H29N5O. The van der Waals surface area contributed by atoms with Crippen LogP contribution in [0.15, 0.2) is 18.5 Å². The topological polar surface area (TPSA) is 61.4 Å². The Bertz CT molecular complexity index is 583. The molecule has 3 fully saturated rings. The van der Waals surface area contributed by atoms with E-state index in [0.717, 1.165) is 51.4 Å². The van der Waals surface area contributed by atoms with Crippen LogP contribution in [0.25, 0.3) is 0 Å². The summed E-state index contributed by atoms with van der Waals surface area (Å²) in [6.45, 7) is 6.03. The number of aromatic nitrogens is 2. The van der Waals surface area contributed by atoms with E-state index in [4.69, 9.17) is 0 Å². The van der Waals surface area contributed by atoms with Gasteiger partial charge in [-0.25, -0.2) is 9.97 Å². The lowest BCUT2D eigenvalue weighted by Crippen LogP contribution is -2.45. The molecule has 4 rings (SSSR count). The van der Waals surface area contributed by atoms with Crippen LogP contribution in [0, 0.1) is 11.3 Å². The Morgan fingerprint density at radius 1 is 1.20 bits per heavy atom. The lowest BCUT2D eigenvalue weighted by molar-refractivity contribution is -0.129. The average Bonchev–Trinajstić information content (AvgIpc) is 3.26. The second kappa shape index (κ2) is 7.28. The van der Waals surface area contributed by atoms with E-state index in [1.54, 1.807) is 12.4 Å². The van der Waals surface area contributed by atoms with Gasteiger partial charge < -0.3 is 15.1 Å². The lowest BCUT2D eigenvalue weighted by Gasteiger charge is -2.41. The number of likely N-dealkylation sites (tertiary alicyclic amines) is 1. The van der Waals surface area contributed by atoms with Crippen LogP contribution in [-0.2, 0) is 4.79 Å². The summed E-state index contributed by atoms with van der Waals surface area (Å²) in [5.74, 6) is 1.08. The first-order valence-corrected chi connectivity index (χ1v) is 9.79. The molecule has 3 aliphatic rings. The molecule has 1 atom stereocenters. The fourth-order valence-corrected chi connectivity index (χ4v) is 4.72. The number of rotatable bonds is 6. The van der Waals surface area contributed by atoms with Crippen molar-refractivity contribution in [2.45, 2.75) is 38.5 Å². The van der Waals surface area contributed by atoms with Crippen LogP contribution in [0.2, 0.25) is 0 Å². The third kappa shape index (κ3) is 3.50. The van der Waals surface area contributed by atoms with Gasteiger partial charge in [-0.05, 0) is 57.8 Å². The maximum atomic E-state index is 12.8. The molecule has 0 radical (unpaired) electrons. The molecule has 6 heteroatoms. The third-order valence-corrected chi connectivity index (χ3v) is 6.30. The maximum absolute atomic E-state index is 12.8. The Morgan fingerprint density at radius 3 is 2.64 bits per heavy atom. The molecule has 1 aromatic rings. The highest BCUT2D eigenvalue weighted by atomic mass is 16.2. The molecule has 1 saturated carbocycles. The fraction of sp³-hybridized carbons (Fsp3) is 0.737. The molecule has 3 heterocycles. The number of amides is 1. The largest absolute Gasteiger partial charge is 0.356 e. The summed E-state index contributed by atoms with van der Waals surface area (Å²) >= 11 is 0. The molecular weight excluding hydrogens is 314 g/mol. The molecule has 1 amide bonds. The zero-order chi connectivity index (χ0) is 17.1. The molecule has 1 spiro atoms. The monoisotopic (exact) mass is 343 g/mol. The van der Waals surface area contributed by atoms with Gasteiger partial charge in [-0.3, -0.25) is 4.79 Å². The van der Waals surface area contributed by atoms with E-state index in [-0.39, 0.29) is 17.2 Å². The van der Waals surface area contributed by atoms with Crippen LogP contribution in [0.4, 0.5) is 5.95 Å². The quantitative estimate of drug-likeness (QED) is 0.797. The van der Waals surface area contributed by atoms with Crippen LogP contribution in [0.5, 0.6) is 0 Å². The summed E-state index contributed by atoms with van der Waals surface area (Å²) in [7, 11) is 0. The van der Waals surface area contributed by atoms with Crippen LogP contribution < -0.4 is 10.2 Å². The van der Waals surface area contributed by atoms with Crippen molar-refractivity contribution in [1.29, 1.82) is 0 Å². The number of hydrogen-bond donors (Lipinski definition) is 1. The molecule has 1 N–H and O–H groups in total. The molecule has 136 valence electrons. The first-order chi connectivity index (χ1) is 12.3. The summed E-state index contributed by atoms with van der Waals surface area (Å²) < 4.78 is 0. The Hall–Kier alpha value is -1.69. The molecule has 6 nitrogen and oxygen atoms in total. The highest BCUT2D eigenvalue weighted by Gasteiger charge is 2.53. The molecule has 1 aliphatic carbocycles. The van der Waals surface area contributed by atoms with Gasteiger partial charge in [0.05, 0.1) is 5.92 Å². The van der Waals surface area contributed by atoms with Gasteiger partial charge in [0.2, 0.25) is 11.9 Å². The number of anilines is 1. The Labute approximate surface area is 150 Å². The van der Waals surface area contributed by atoms with E-state index in [1.165, 1.54) is 32.4 Å². The van der Waals surface area contributed by atoms with Crippen LogP contribution in [0.1, 0.15) is 38.5 Å². The van der Waals surface area contributed by atoms with E-state index < -0.39 is 0 Å². The van der Waals surface area contributed by atoms with Crippen molar-refractivity contribution in [3.05, 3.63) is 18.5 Å². The highest BCUT2D eigenvalue weighted by molar-refractivity contribution is 5.81. The predicted molar refractivity (Wildman–Crippen MR) is 97.3 cm³/mol. The predicted octanol–water partition coefficient (Wildman–Crippen LogP) is 1.69. The van der Waals surface area contributed by atoms with Crippen LogP contribution >= 0.6 is 0 Å². The highest BCUT2D eigenvalue weighted by Crippen LogP contribution is 2.52. The van der Waals surface area contributed by atoms with Crippen molar-refractivity contribution < 1.29 is 4.79 Å². The number of carbonyl (C=O) groups excluding carboxylic acids is 1. The standard InChI is InChI=1S/C19H29N5O/c25-17(20-10-5-13-23-11-1-2-12-23)16-14-24(15-19(16)6-3-7-19)18-21-8-4-9-22-18/h4,8-9,16H,1-3,5-7,10-15H2,(H,20,25). The van der Waals surface area contributed by atoms with E-state index in [0.29, 0.717) is 0 Å². The van der Waals surface area contributed by atoms with Crippen molar-refractivity contribution in [3.63, 3.8) is 0 Å². The van der Waals surface area contributed by atoms with Gasteiger partial charge in [-0.1, -0.05) is 6.42 Å². The molecule has 0 bridgehead atoms. The molecule has 2 saturated heterocycles. The minimum atomic E-state index is 0.0804. The molecule has 1 aromatic heterocycles. The fourth-order valence-electron chi connectivity index (χ4n) is 4.72. The van der Waals surface area contributed by atoms with E-state index in [9.17, 15) is 4.79 Å². The Morgan fingerprint density at radius 2 is 1.96 bits per heavy atom. The number of carbonyl (C=O) groups is 1. The Balaban J connectivity index is 1.31. The minimum Gasteiger partial charge on any atom is -0.356 e.